The molecule has 0 saturated heterocycles. The fourth-order valence-electron chi connectivity index (χ4n) is 2.27. The van der Waals surface area contributed by atoms with E-state index < -0.39 is 0 Å². The lowest BCUT2D eigenvalue weighted by atomic mass is 10.1. The molecule has 21 heavy (non-hydrogen) atoms. The molecule has 1 heterocycles. The number of anilines is 1. The average molecular weight is 296 g/mol. The summed E-state index contributed by atoms with van der Waals surface area (Å²) in [5.41, 5.74) is 3.68. The predicted octanol–water partition coefficient (Wildman–Crippen LogP) is 3.63. The summed E-state index contributed by atoms with van der Waals surface area (Å²) < 4.78 is 0. The number of fused-ring (bicyclic) bond motifs is 1. The number of nitrogens with two attached hydrogens (primary N) is 1. The molecule has 106 valence electrons. The van der Waals surface area contributed by atoms with Crippen molar-refractivity contribution < 1.29 is 0 Å². The monoisotopic (exact) mass is 296 g/mol. The number of hydrazine groups is 1. The zero-order valence-corrected chi connectivity index (χ0v) is 12.5. The Morgan fingerprint density at radius 1 is 1.10 bits per heavy atom. The third-order valence-electron chi connectivity index (χ3n) is 3.33. The number of benzene rings is 2. The SMILES string of the molecule is CCc1c(NN)ncnc1Sc1ccc2ccccc2c1. The second-order valence-corrected chi connectivity index (χ2v) is 5.68. The molecule has 0 spiro atoms. The van der Waals surface area contributed by atoms with Gasteiger partial charge < -0.3 is 5.43 Å². The largest absolute Gasteiger partial charge is 0.308 e. The van der Waals surface area contributed by atoms with Crippen LogP contribution >= 0.6 is 11.8 Å². The van der Waals surface area contributed by atoms with Crippen molar-refractivity contribution in [1.29, 1.82) is 0 Å². The Labute approximate surface area is 127 Å². The van der Waals surface area contributed by atoms with Gasteiger partial charge >= 0.3 is 0 Å². The van der Waals surface area contributed by atoms with Crippen LogP contribution in [0.1, 0.15) is 12.5 Å². The minimum Gasteiger partial charge on any atom is -0.308 e. The van der Waals surface area contributed by atoms with Crippen LogP contribution in [0.4, 0.5) is 5.82 Å². The van der Waals surface area contributed by atoms with E-state index in [4.69, 9.17) is 5.84 Å². The summed E-state index contributed by atoms with van der Waals surface area (Å²) in [6.07, 6.45) is 2.37. The van der Waals surface area contributed by atoms with Crippen molar-refractivity contribution in [3.05, 3.63) is 54.4 Å². The van der Waals surface area contributed by atoms with E-state index in [0.717, 1.165) is 21.9 Å². The average Bonchev–Trinajstić information content (AvgIpc) is 2.54. The van der Waals surface area contributed by atoms with Gasteiger partial charge in [-0.25, -0.2) is 15.8 Å². The maximum absolute atomic E-state index is 5.51. The lowest BCUT2D eigenvalue weighted by molar-refractivity contribution is 0.941. The summed E-state index contributed by atoms with van der Waals surface area (Å²) in [6, 6.07) is 14.8. The maximum Gasteiger partial charge on any atom is 0.147 e. The van der Waals surface area contributed by atoms with Gasteiger partial charge in [-0.1, -0.05) is 49.0 Å². The van der Waals surface area contributed by atoms with Crippen molar-refractivity contribution in [1.82, 2.24) is 9.97 Å². The maximum atomic E-state index is 5.51. The lowest BCUT2D eigenvalue weighted by Gasteiger charge is -2.10. The van der Waals surface area contributed by atoms with E-state index in [-0.39, 0.29) is 0 Å². The summed E-state index contributed by atoms with van der Waals surface area (Å²) in [7, 11) is 0. The first-order valence-electron chi connectivity index (χ1n) is 6.79. The van der Waals surface area contributed by atoms with Gasteiger partial charge in [0.1, 0.15) is 17.2 Å². The highest BCUT2D eigenvalue weighted by Crippen LogP contribution is 2.32. The molecule has 0 amide bonds. The molecule has 3 aromatic rings. The lowest BCUT2D eigenvalue weighted by Crippen LogP contribution is -2.12. The fraction of sp³-hybridized carbons (Fsp3) is 0.125. The Morgan fingerprint density at radius 2 is 1.90 bits per heavy atom. The minimum atomic E-state index is 0.691. The number of aromatic nitrogens is 2. The van der Waals surface area contributed by atoms with Gasteiger partial charge in [-0.15, -0.1) is 0 Å². The number of rotatable bonds is 4. The van der Waals surface area contributed by atoms with Crippen molar-refractivity contribution in [3.8, 4) is 0 Å². The number of nitrogen functional groups attached to an aromatic ring is 1. The predicted molar refractivity (Wildman–Crippen MR) is 87.3 cm³/mol. The fourth-order valence-corrected chi connectivity index (χ4v) is 3.28. The number of nitrogens with one attached hydrogen (secondary N) is 1. The van der Waals surface area contributed by atoms with E-state index in [1.165, 1.54) is 17.1 Å². The Bertz CT molecular complexity index is 773. The van der Waals surface area contributed by atoms with Gasteiger partial charge in [0.05, 0.1) is 0 Å². The summed E-state index contributed by atoms with van der Waals surface area (Å²) >= 11 is 1.64. The van der Waals surface area contributed by atoms with Crippen molar-refractivity contribution in [2.24, 2.45) is 5.84 Å². The molecule has 3 N–H and O–H groups in total. The number of hydrogen-bond donors (Lipinski definition) is 2. The van der Waals surface area contributed by atoms with E-state index in [1.54, 1.807) is 11.8 Å². The molecule has 0 unspecified atom stereocenters. The topological polar surface area (TPSA) is 63.8 Å². The molecule has 0 aliphatic heterocycles. The van der Waals surface area contributed by atoms with Gasteiger partial charge in [0, 0.05) is 10.5 Å². The molecule has 1 aromatic heterocycles. The van der Waals surface area contributed by atoms with Gasteiger partial charge in [0.25, 0.3) is 0 Å². The first kappa shape index (κ1) is 13.9. The van der Waals surface area contributed by atoms with Crippen LogP contribution in [0.15, 0.2) is 58.7 Å². The third-order valence-corrected chi connectivity index (χ3v) is 4.37. The smallest absolute Gasteiger partial charge is 0.147 e. The second kappa shape index (κ2) is 6.11. The number of nitrogens with zero attached hydrogens (tertiary/aromatic N) is 2. The minimum absolute atomic E-state index is 0.691. The highest BCUT2D eigenvalue weighted by molar-refractivity contribution is 7.99. The van der Waals surface area contributed by atoms with E-state index >= 15 is 0 Å². The molecule has 4 nitrogen and oxygen atoms in total. The van der Waals surface area contributed by atoms with Crippen molar-refractivity contribution in [3.63, 3.8) is 0 Å². The van der Waals surface area contributed by atoms with E-state index in [9.17, 15) is 0 Å². The zero-order valence-electron chi connectivity index (χ0n) is 11.7. The molecule has 3 rings (SSSR count). The highest BCUT2D eigenvalue weighted by Gasteiger charge is 2.10. The van der Waals surface area contributed by atoms with Crippen molar-refractivity contribution >= 4 is 28.4 Å². The Hall–Kier alpha value is -2.11. The molecule has 0 aliphatic carbocycles. The molecular weight excluding hydrogens is 280 g/mol. The molecule has 0 saturated carbocycles. The Kier molecular flexibility index (Phi) is 4.03. The van der Waals surface area contributed by atoms with Crippen LogP contribution in [0.2, 0.25) is 0 Å². The molecule has 0 fully saturated rings. The van der Waals surface area contributed by atoms with Gasteiger partial charge in [0.15, 0.2) is 0 Å². The van der Waals surface area contributed by atoms with Gasteiger partial charge in [0.2, 0.25) is 0 Å². The first-order valence-corrected chi connectivity index (χ1v) is 7.60. The van der Waals surface area contributed by atoms with Crippen molar-refractivity contribution in [2.75, 3.05) is 5.43 Å². The normalized spacial score (nSPS) is 10.8. The molecular formula is C16H16N4S. The molecule has 5 heteroatoms. The first-order chi connectivity index (χ1) is 10.3. The second-order valence-electron chi connectivity index (χ2n) is 4.61. The molecule has 0 radical (unpaired) electrons. The molecule has 0 aliphatic rings. The van der Waals surface area contributed by atoms with E-state index in [1.807, 2.05) is 6.07 Å². The van der Waals surface area contributed by atoms with Crippen LogP contribution in [-0.2, 0) is 6.42 Å². The molecule has 2 aromatic carbocycles. The van der Waals surface area contributed by atoms with E-state index in [0.29, 0.717) is 5.82 Å². The Balaban J connectivity index is 1.98. The highest BCUT2D eigenvalue weighted by atomic mass is 32.2. The van der Waals surface area contributed by atoms with Crippen LogP contribution in [0, 0.1) is 0 Å². The zero-order chi connectivity index (χ0) is 14.7. The summed E-state index contributed by atoms with van der Waals surface area (Å²) in [5.74, 6) is 6.20. The van der Waals surface area contributed by atoms with Gasteiger partial charge in [-0.2, -0.15) is 0 Å². The van der Waals surface area contributed by atoms with Crippen molar-refractivity contribution in [2.45, 2.75) is 23.3 Å². The molecule has 0 atom stereocenters. The van der Waals surface area contributed by atoms with Gasteiger partial charge in [-0.3, -0.25) is 0 Å². The van der Waals surface area contributed by atoms with Crippen LogP contribution < -0.4 is 11.3 Å². The van der Waals surface area contributed by atoms with Gasteiger partial charge in [-0.05, 0) is 29.3 Å². The van der Waals surface area contributed by atoms with Crippen LogP contribution in [0.25, 0.3) is 10.8 Å². The quantitative estimate of drug-likeness (QED) is 0.437. The van der Waals surface area contributed by atoms with Crippen LogP contribution in [-0.4, -0.2) is 9.97 Å². The van der Waals surface area contributed by atoms with Crippen LogP contribution in [0.5, 0.6) is 0 Å². The number of hydrogen-bond acceptors (Lipinski definition) is 5. The third kappa shape index (κ3) is 2.84. The summed E-state index contributed by atoms with van der Waals surface area (Å²) in [4.78, 5) is 9.71. The van der Waals surface area contributed by atoms with E-state index in [2.05, 4.69) is 58.7 Å². The summed E-state index contributed by atoms with van der Waals surface area (Å²) in [6.45, 7) is 2.07. The molecule has 0 bridgehead atoms. The van der Waals surface area contributed by atoms with Crippen LogP contribution in [0.3, 0.4) is 0 Å². The standard InChI is InChI=1S/C16H16N4S/c1-2-14-15(20-17)18-10-19-16(14)21-13-8-7-11-5-3-4-6-12(11)9-13/h3-10H,2,17H2,1H3,(H,18,19,20). The summed E-state index contributed by atoms with van der Waals surface area (Å²) in [5, 5.41) is 3.41. The Morgan fingerprint density at radius 3 is 2.67 bits per heavy atom.